The highest BCUT2D eigenvalue weighted by molar-refractivity contribution is 5.15. The molecule has 4 saturated carbocycles. The molecule has 0 unspecified atom stereocenters. The van der Waals surface area contributed by atoms with Crippen LogP contribution in [-0.4, -0.2) is 198 Å². The fraction of sp³-hybridized carbons (Fsp3) is 1.00. The third kappa shape index (κ3) is 8.58. The van der Waals surface area contributed by atoms with Gasteiger partial charge < -0.3 is 94.4 Å². The number of aliphatic hydroxyl groups is 12. The Balaban J connectivity index is 0.880. The van der Waals surface area contributed by atoms with Crippen LogP contribution >= 0.6 is 0 Å². The van der Waals surface area contributed by atoms with E-state index in [1.165, 1.54) is 0 Å². The minimum Gasteiger partial charge on any atom is -0.394 e. The molecule has 27 atom stereocenters. The van der Waals surface area contributed by atoms with Gasteiger partial charge in [-0.05, 0) is 97.7 Å². The molecule has 0 aromatic rings. The smallest absolute Gasteiger partial charge is 0.187 e. The lowest BCUT2D eigenvalue weighted by Gasteiger charge is -2.62. The van der Waals surface area contributed by atoms with Crippen molar-refractivity contribution >= 4 is 0 Å². The molecular formula is C44H74O19. The molecule has 0 amide bonds. The fourth-order valence-electron chi connectivity index (χ4n) is 13.9. The van der Waals surface area contributed by atoms with E-state index in [2.05, 4.69) is 20.8 Å². The summed E-state index contributed by atoms with van der Waals surface area (Å²) in [6, 6.07) is 0. The Morgan fingerprint density at radius 3 is 2.06 bits per heavy atom. The lowest BCUT2D eigenvalue weighted by atomic mass is 9.44. The number of hydrogen-bond acceptors (Lipinski definition) is 19. The highest BCUT2D eigenvalue weighted by Gasteiger charge is 2.69. The van der Waals surface area contributed by atoms with Crippen molar-refractivity contribution in [1.82, 2.24) is 0 Å². The Kier molecular flexibility index (Phi) is 14.4. The Labute approximate surface area is 368 Å². The summed E-state index contributed by atoms with van der Waals surface area (Å²) in [4.78, 5) is 0. The van der Waals surface area contributed by atoms with E-state index in [9.17, 15) is 61.3 Å². The average Bonchev–Trinajstić information content (AvgIpc) is 3.69. The fourth-order valence-corrected chi connectivity index (χ4v) is 13.9. The molecule has 4 saturated heterocycles. The van der Waals surface area contributed by atoms with Crippen molar-refractivity contribution in [3.05, 3.63) is 0 Å². The van der Waals surface area contributed by atoms with E-state index in [4.69, 9.17) is 33.2 Å². The van der Waals surface area contributed by atoms with Gasteiger partial charge in [-0.1, -0.05) is 27.7 Å². The van der Waals surface area contributed by atoms with Crippen LogP contribution in [0.25, 0.3) is 0 Å². The van der Waals surface area contributed by atoms with Gasteiger partial charge in [0.2, 0.25) is 0 Å². The maximum Gasteiger partial charge on any atom is 0.187 e. The van der Waals surface area contributed by atoms with Gasteiger partial charge in [0.05, 0.1) is 44.7 Å². The summed E-state index contributed by atoms with van der Waals surface area (Å²) >= 11 is 0. The first kappa shape index (κ1) is 48.7. The standard InChI is InChI=1S/C44H74O19/c1-18(16-57-39-37(55)34(52)32(50)28(14-45)60-39)7-10-44(56)19(2)30-27(63-44)12-23-21-6-5-20-11-26(24(47)13-43(20,4)22(21)8-9-42(23,30)3)59-41-38(35(53)33(51)29(15-46)61-41)62-40-36(54)31(49)25(48)17-58-40/h18-41,45-56H,5-17H2,1-4H3/t18-,19+,20+,21+,22+,23-,24+,25-,26+,27-,28+,29+,30+,31+,32+,33+,34-,35+,36+,37-,38+,39-,40+,41-,42+,43-,44-/m1/s1. The first-order chi connectivity index (χ1) is 29.8. The first-order valence-corrected chi connectivity index (χ1v) is 23.4. The number of aliphatic hydroxyl groups excluding tert-OH is 11. The molecular weight excluding hydrogens is 832 g/mol. The van der Waals surface area contributed by atoms with Crippen molar-refractivity contribution in [2.45, 2.75) is 196 Å². The maximum absolute atomic E-state index is 12.0. The van der Waals surface area contributed by atoms with E-state index in [0.29, 0.717) is 43.4 Å². The first-order valence-electron chi connectivity index (χ1n) is 23.4. The molecule has 0 aromatic heterocycles. The minimum absolute atomic E-state index is 0.0541. The van der Waals surface area contributed by atoms with Crippen molar-refractivity contribution in [2.24, 2.45) is 52.3 Å². The zero-order valence-electron chi connectivity index (χ0n) is 36.8. The molecule has 8 rings (SSSR count). The molecule has 0 aromatic carbocycles. The third-order valence-electron chi connectivity index (χ3n) is 17.6. The van der Waals surface area contributed by atoms with E-state index in [1.54, 1.807) is 0 Å². The molecule has 8 aliphatic rings. The molecule has 4 aliphatic carbocycles. The summed E-state index contributed by atoms with van der Waals surface area (Å²) in [5.41, 5.74) is -0.257. The van der Waals surface area contributed by atoms with Crippen molar-refractivity contribution in [1.29, 1.82) is 0 Å². The van der Waals surface area contributed by atoms with Crippen LogP contribution in [-0.2, 0) is 33.2 Å². The zero-order valence-corrected chi connectivity index (χ0v) is 36.8. The highest BCUT2D eigenvalue weighted by Crippen LogP contribution is 2.71. The Hall–Kier alpha value is -0.760. The molecule has 19 nitrogen and oxygen atoms in total. The van der Waals surface area contributed by atoms with Crippen molar-refractivity contribution in [2.75, 3.05) is 26.4 Å². The van der Waals surface area contributed by atoms with Crippen molar-refractivity contribution in [3.63, 3.8) is 0 Å². The number of rotatable bonds is 12. The zero-order chi connectivity index (χ0) is 45.5. The van der Waals surface area contributed by atoms with Gasteiger partial charge in [0.15, 0.2) is 24.7 Å². The van der Waals surface area contributed by atoms with E-state index in [-0.39, 0.29) is 53.8 Å². The highest BCUT2D eigenvalue weighted by atomic mass is 16.8. The monoisotopic (exact) mass is 906 g/mol. The molecule has 0 bridgehead atoms. The summed E-state index contributed by atoms with van der Waals surface area (Å²) in [7, 11) is 0. The van der Waals surface area contributed by atoms with Crippen LogP contribution in [0.5, 0.6) is 0 Å². The van der Waals surface area contributed by atoms with Gasteiger partial charge in [0, 0.05) is 12.3 Å². The average molecular weight is 907 g/mol. The molecule has 8 fully saturated rings. The van der Waals surface area contributed by atoms with Crippen LogP contribution in [0, 0.1) is 52.3 Å². The normalized spacial score (nSPS) is 56.3. The summed E-state index contributed by atoms with van der Waals surface area (Å²) in [5, 5.41) is 126. The second-order valence-electron chi connectivity index (χ2n) is 21.2. The Morgan fingerprint density at radius 2 is 1.37 bits per heavy atom. The van der Waals surface area contributed by atoms with Gasteiger partial charge in [0.25, 0.3) is 0 Å². The second kappa shape index (κ2) is 18.6. The topological polar surface area (TPSA) is 307 Å². The summed E-state index contributed by atoms with van der Waals surface area (Å²) in [6.07, 6.45) is -15.3. The molecule has 0 spiro atoms. The summed E-state index contributed by atoms with van der Waals surface area (Å²) in [5.74, 6) is -0.0512. The molecule has 364 valence electrons. The maximum atomic E-state index is 12.0. The molecule has 4 heterocycles. The van der Waals surface area contributed by atoms with Gasteiger partial charge in [0.1, 0.15) is 67.1 Å². The predicted octanol–water partition coefficient (Wildman–Crippen LogP) is -2.17. The van der Waals surface area contributed by atoms with Gasteiger partial charge >= 0.3 is 0 Å². The predicted molar refractivity (Wildman–Crippen MR) is 214 cm³/mol. The van der Waals surface area contributed by atoms with Crippen LogP contribution in [0.2, 0.25) is 0 Å². The SMILES string of the molecule is C[C@H](CC[C@@]1(O)O[C@@H]2C[C@@H]3[C@H]4CC[C@H]5C[C@H](O[C@@H]6O[C@@H](CO)[C@H](O)[C@H](O)[C@@H]6O[C@@H]6OC[C@@H](O)[C@H](O)[C@@H]6O)[C@@H](O)C[C@@]5(C)[C@H]4CC[C@]3(C)[C@H]2[C@@H]1C)CO[C@@H]1O[C@@H](CO)[C@H](O)[C@@H](O)[C@H]1O. The van der Waals surface area contributed by atoms with Crippen LogP contribution < -0.4 is 0 Å². The van der Waals surface area contributed by atoms with Crippen LogP contribution in [0.1, 0.15) is 85.5 Å². The van der Waals surface area contributed by atoms with E-state index < -0.39 is 117 Å². The minimum atomic E-state index is -1.68. The van der Waals surface area contributed by atoms with Crippen LogP contribution in [0.3, 0.4) is 0 Å². The van der Waals surface area contributed by atoms with Crippen molar-refractivity contribution in [3.8, 4) is 0 Å². The van der Waals surface area contributed by atoms with Gasteiger partial charge in [-0.3, -0.25) is 0 Å². The van der Waals surface area contributed by atoms with Crippen molar-refractivity contribution < 1.29 is 94.4 Å². The molecule has 12 N–H and O–H groups in total. The second-order valence-corrected chi connectivity index (χ2v) is 21.2. The third-order valence-corrected chi connectivity index (χ3v) is 17.6. The van der Waals surface area contributed by atoms with E-state index in [1.807, 2.05) is 6.92 Å². The van der Waals surface area contributed by atoms with E-state index in [0.717, 1.165) is 32.1 Å². The Morgan fingerprint density at radius 1 is 0.698 bits per heavy atom. The molecule has 0 radical (unpaired) electrons. The van der Waals surface area contributed by atoms with Gasteiger partial charge in [-0.15, -0.1) is 0 Å². The summed E-state index contributed by atoms with van der Waals surface area (Å²) in [6.45, 7) is 7.35. The van der Waals surface area contributed by atoms with E-state index >= 15 is 0 Å². The van der Waals surface area contributed by atoms with Gasteiger partial charge in [-0.2, -0.15) is 0 Å². The quantitative estimate of drug-likeness (QED) is 0.0928. The molecule has 63 heavy (non-hydrogen) atoms. The lowest BCUT2D eigenvalue weighted by molar-refractivity contribution is -0.367. The summed E-state index contributed by atoms with van der Waals surface area (Å²) < 4.78 is 41.5. The molecule has 4 aliphatic heterocycles. The van der Waals surface area contributed by atoms with Crippen LogP contribution in [0.15, 0.2) is 0 Å². The molecule has 19 heteroatoms. The lowest BCUT2D eigenvalue weighted by Crippen LogP contribution is -2.64. The largest absolute Gasteiger partial charge is 0.394 e. The number of hydrogen-bond donors (Lipinski definition) is 12. The Bertz CT molecular complexity index is 1550. The number of fused-ring (bicyclic) bond motifs is 7. The number of ether oxygens (including phenoxy) is 7. The van der Waals surface area contributed by atoms with Crippen LogP contribution in [0.4, 0.5) is 0 Å². The van der Waals surface area contributed by atoms with Gasteiger partial charge in [-0.25, -0.2) is 0 Å².